The average Bonchev–Trinajstić information content (AvgIpc) is 3.05. The first kappa shape index (κ1) is 21.5. The number of rotatable bonds is 4. The van der Waals surface area contributed by atoms with Crippen LogP contribution in [0.15, 0.2) is 64.9 Å². The lowest BCUT2D eigenvalue weighted by Crippen LogP contribution is -2.13. The topological polar surface area (TPSA) is 55.4 Å². The Labute approximate surface area is 186 Å². The molecule has 0 spiro atoms. The van der Waals surface area contributed by atoms with Crippen LogP contribution in [0.2, 0.25) is 10.0 Å². The van der Waals surface area contributed by atoms with Crippen molar-refractivity contribution >= 4 is 28.9 Å². The van der Waals surface area contributed by atoms with Crippen molar-refractivity contribution in [3.8, 4) is 11.4 Å². The molecule has 0 N–H and O–H groups in total. The van der Waals surface area contributed by atoms with Gasteiger partial charge >= 0.3 is 6.18 Å². The largest absolute Gasteiger partial charge is 0.414 e. The van der Waals surface area contributed by atoms with Crippen LogP contribution in [0.1, 0.15) is 24.0 Å². The van der Waals surface area contributed by atoms with Gasteiger partial charge in [-0.3, -0.25) is 4.98 Å². The Morgan fingerprint density at radius 3 is 2.71 bits per heavy atom. The lowest BCUT2D eigenvalue weighted by molar-refractivity contribution is -0.0934. The summed E-state index contributed by atoms with van der Waals surface area (Å²) in [7, 11) is 0. The molecule has 0 atom stereocenters. The number of allylic oxidation sites excluding steroid dienone is 1. The fraction of sp³-hybridized carbons (Fsp3) is 0.238. The molecule has 1 aromatic carbocycles. The molecule has 1 aliphatic heterocycles. The van der Waals surface area contributed by atoms with E-state index in [4.69, 9.17) is 23.2 Å². The van der Waals surface area contributed by atoms with Crippen molar-refractivity contribution in [1.29, 1.82) is 0 Å². The number of alkyl halides is 3. The van der Waals surface area contributed by atoms with Gasteiger partial charge in [0.1, 0.15) is 11.4 Å². The van der Waals surface area contributed by atoms with E-state index in [9.17, 15) is 13.2 Å². The van der Waals surface area contributed by atoms with E-state index in [0.29, 0.717) is 40.0 Å². The molecule has 0 saturated carbocycles. The molecule has 3 heterocycles. The summed E-state index contributed by atoms with van der Waals surface area (Å²) in [5.41, 5.74) is 1.22. The summed E-state index contributed by atoms with van der Waals surface area (Å²) in [6, 6.07) is 8.41. The second kappa shape index (κ2) is 8.80. The number of azo groups is 1. The monoisotopic (exact) mass is 465 g/mol. The first-order valence-corrected chi connectivity index (χ1v) is 10.2. The van der Waals surface area contributed by atoms with E-state index in [2.05, 4.69) is 20.2 Å². The minimum atomic E-state index is -4.47. The van der Waals surface area contributed by atoms with E-state index in [1.165, 1.54) is 12.3 Å². The van der Waals surface area contributed by atoms with Crippen molar-refractivity contribution in [3.05, 3.63) is 75.8 Å². The molecule has 3 aromatic rings. The smallest absolute Gasteiger partial charge is 0.332 e. The summed E-state index contributed by atoms with van der Waals surface area (Å²) < 4.78 is 42.4. The standard InChI is InChI=1S/C21H16Cl2F3N5/c22-16-5-1-3-14(19(16)23)10-31-11-18(28-12-31)17-9-13(6-8-27-17)20-15(21(24,25)26)4-2-7-29-30-20/h1,3,5-6,8-9,11-12H,2,4,7,10H2. The number of imidazole rings is 1. The molecule has 0 amide bonds. The van der Waals surface area contributed by atoms with Crippen molar-refractivity contribution in [2.24, 2.45) is 10.2 Å². The predicted octanol–water partition coefficient (Wildman–Crippen LogP) is 6.82. The molecule has 0 unspecified atom stereocenters. The predicted molar refractivity (Wildman–Crippen MR) is 113 cm³/mol. The van der Waals surface area contributed by atoms with E-state index in [1.54, 1.807) is 35.3 Å². The van der Waals surface area contributed by atoms with Crippen LogP contribution in [0.3, 0.4) is 0 Å². The molecule has 0 bridgehead atoms. The van der Waals surface area contributed by atoms with Gasteiger partial charge in [0.15, 0.2) is 0 Å². The van der Waals surface area contributed by atoms with Gasteiger partial charge in [0, 0.05) is 18.0 Å². The minimum absolute atomic E-state index is 0.126. The number of pyridine rings is 1. The van der Waals surface area contributed by atoms with Crippen LogP contribution in [-0.2, 0) is 6.54 Å². The second-order valence-corrected chi connectivity index (χ2v) is 7.75. The second-order valence-electron chi connectivity index (χ2n) is 6.97. The maximum absolute atomic E-state index is 13.5. The number of benzene rings is 1. The molecule has 2 aromatic heterocycles. The van der Waals surface area contributed by atoms with Gasteiger partial charge in [-0.2, -0.15) is 23.4 Å². The average molecular weight is 466 g/mol. The molecule has 0 fully saturated rings. The third-order valence-corrected chi connectivity index (χ3v) is 5.66. The summed E-state index contributed by atoms with van der Waals surface area (Å²) in [4.78, 5) is 8.61. The van der Waals surface area contributed by atoms with Gasteiger partial charge in [-0.15, -0.1) is 0 Å². The van der Waals surface area contributed by atoms with Crippen LogP contribution < -0.4 is 0 Å². The fourth-order valence-electron chi connectivity index (χ4n) is 3.30. The van der Waals surface area contributed by atoms with E-state index >= 15 is 0 Å². The molecule has 0 saturated heterocycles. The van der Waals surface area contributed by atoms with Crippen molar-refractivity contribution < 1.29 is 13.2 Å². The van der Waals surface area contributed by atoms with Crippen LogP contribution in [0.4, 0.5) is 13.2 Å². The lowest BCUT2D eigenvalue weighted by Gasteiger charge is -2.13. The number of hydrogen-bond donors (Lipinski definition) is 0. The SMILES string of the molecule is FC(F)(F)C1=C(c2ccnc(-c3cn(Cc4cccc(Cl)c4Cl)cn3)c2)N=NCCC1. The molecule has 0 aliphatic carbocycles. The molecule has 5 nitrogen and oxygen atoms in total. The Hall–Kier alpha value is -2.71. The van der Waals surface area contributed by atoms with Crippen molar-refractivity contribution in [1.82, 2.24) is 14.5 Å². The summed E-state index contributed by atoms with van der Waals surface area (Å²) in [6.45, 7) is 0.696. The first-order valence-electron chi connectivity index (χ1n) is 9.42. The quantitative estimate of drug-likeness (QED) is 0.424. The van der Waals surface area contributed by atoms with E-state index in [1.807, 2.05) is 6.07 Å². The number of halogens is 5. The minimum Gasteiger partial charge on any atom is -0.332 e. The Morgan fingerprint density at radius 2 is 1.90 bits per heavy atom. The van der Waals surface area contributed by atoms with Gasteiger partial charge in [-0.25, -0.2) is 4.98 Å². The molecule has 10 heteroatoms. The van der Waals surface area contributed by atoms with E-state index < -0.39 is 11.7 Å². The van der Waals surface area contributed by atoms with Gasteiger partial charge in [-0.05, 0) is 36.6 Å². The first-order chi connectivity index (χ1) is 14.8. The number of nitrogens with zero attached hydrogens (tertiary/aromatic N) is 5. The van der Waals surface area contributed by atoms with Crippen LogP contribution in [0.5, 0.6) is 0 Å². The van der Waals surface area contributed by atoms with Crippen LogP contribution >= 0.6 is 23.2 Å². The maximum atomic E-state index is 13.5. The Balaban J connectivity index is 1.66. The number of hydrogen-bond acceptors (Lipinski definition) is 4. The lowest BCUT2D eigenvalue weighted by atomic mass is 10.0. The van der Waals surface area contributed by atoms with Crippen molar-refractivity contribution in [2.75, 3.05) is 6.54 Å². The van der Waals surface area contributed by atoms with Gasteiger partial charge in [-0.1, -0.05) is 35.3 Å². The molecular formula is C21H16Cl2F3N5. The van der Waals surface area contributed by atoms with Crippen molar-refractivity contribution in [2.45, 2.75) is 25.6 Å². The Morgan fingerprint density at radius 1 is 1.06 bits per heavy atom. The van der Waals surface area contributed by atoms with Gasteiger partial charge in [0.05, 0.1) is 40.7 Å². The highest BCUT2D eigenvalue weighted by Gasteiger charge is 2.37. The zero-order valence-electron chi connectivity index (χ0n) is 16.1. The third-order valence-electron chi connectivity index (χ3n) is 4.80. The third kappa shape index (κ3) is 4.80. The van der Waals surface area contributed by atoms with E-state index in [-0.39, 0.29) is 18.7 Å². The van der Waals surface area contributed by atoms with Crippen molar-refractivity contribution in [3.63, 3.8) is 0 Å². The Bertz CT molecular complexity index is 1170. The van der Waals surface area contributed by atoms with Crippen LogP contribution in [-0.4, -0.2) is 27.3 Å². The molecule has 0 radical (unpaired) electrons. The zero-order valence-corrected chi connectivity index (χ0v) is 17.6. The summed E-state index contributed by atoms with van der Waals surface area (Å²) in [5.74, 6) is 0. The summed E-state index contributed by atoms with van der Waals surface area (Å²) >= 11 is 12.3. The summed E-state index contributed by atoms with van der Waals surface area (Å²) in [6.07, 6.45) is 0.497. The molecular weight excluding hydrogens is 450 g/mol. The normalized spacial score (nSPS) is 14.7. The fourth-order valence-corrected chi connectivity index (χ4v) is 3.68. The van der Waals surface area contributed by atoms with Gasteiger partial charge in [0.2, 0.25) is 0 Å². The highest BCUT2D eigenvalue weighted by molar-refractivity contribution is 6.42. The van der Waals surface area contributed by atoms with Crippen LogP contribution in [0, 0.1) is 0 Å². The molecule has 4 rings (SSSR count). The highest BCUT2D eigenvalue weighted by atomic mass is 35.5. The van der Waals surface area contributed by atoms with Gasteiger partial charge < -0.3 is 4.57 Å². The Kier molecular flexibility index (Phi) is 6.11. The zero-order chi connectivity index (χ0) is 22.0. The number of aromatic nitrogens is 3. The molecule has 1 aliphatic rings. The van der Waals surface area contributed by atoms with E-state index in [0.717, 1.165) is 5.56 Å². The highest BCUT2D eigenvalue weighted by Crippen LogP contribution is 2.38. The molecule has 160 valence electrons. The summed E-state index contributed by atoms with van der Waals surface area (Å²) in [5, 5.41) is 8.65. The van der Waals surface area contributed by atoms with Crippen LogP contribution in [0.25, 0.3) is 17.1 Å². The van der Waals surface area contributed by atoms with Gasteiger partial charge in [0.25, 0.3) is 0 Å². The maximum Gasteiger partial charge on any atom is 0.414 e. The molecule has 31 heavy (non-hydrogen) atoms.